The highest BCUT2D eigenvalue weighted by Crippen LogP contribution is 2.17. The van der Waals surface area contributed by atoms with Crippen molar-refractivity contribution in [2.75, 3.05) is 7.11 Å². The molecule has 152 valence electrons. The van der Waals surface area contributed by atoms with E-state index in [1.54, 1.807) is 25.3 Å². The molecule has 1 aliphatic rings. The Hall–Kier alpha value is -2.83. The zero-order valence-corrected chi connectivity index (χ0v) is 16.6. The molecule has 0 spiro atoms. The van der Waals surface area contributed by atoms with Crippen molar-refractivity contribution < 1.29 is 23.9 Å². The summed E-state index contributed by atoms with van der Waals surface area (Å²) in [6.07, 6.45) is 6.19. The SMILES string of the molecule is COc1ccc(/C=C/C(=O)N[C@@H](C)C(=O)O[C@H](C)C(=O)NC2CCCC2)cc1. The topological polar surface area (TPSA) is 93.7 Å². The molecule has 1 aliphatic carbocycles. The van der Waals surface area contributed by atoms with Gasteiger partial charge in [-0.15, -0.1) is 0 Å². The Balaban J connectivity index is 1.77. The largest absolute Gasteiger partial charge is 0.497 e. The van der Waals surface area contributed by atoms with Crippen molar-refractivity contribution in [3.8, 4) is 5.75 Å². The van der Waals surface area contributed by atoms with Crippen LogP contribution in [0.5, 0.6) is 5.75 Å². The number of amides is 2. The molecule has 1 aromatic rings. The molecule has 0 aliphatic heterocycles. The van der Waals surface area contributed by atoms with Gasteiger partial charge in [-0.1, -0.05) is 25.0 Å². The maximum atomic E-state index is 12.1. The summed E-state index contributed by atoms with van der Waals surface area (Å²) in [5, 5.41) is 5.42. The van der Waals surface area contributed by atoms with Gasteiger partial charge in [-0.3, -0.25) is 9.59 Å². The number of benzene rings is 1. The van der Waals surface area contributed by atoms with Crippen molar-refractivity contribution in [2.24, 2.45) is 0 Å². The molecule has 7 heteroatoms. The van der Waals surface area contributed by atoms with Crippen LogP contribution in [-0.2, 0) is 19.1 Å². The number of hydrogen-bond donors (Lipinski definition) is 2. The highest BCUT2D eigenvalue weighted by molar-refractivity contribution is 5.95. The highest BCUT2D eigenvalue weighted by Gasteiger charge is 2.25. The van der Waals surface area contributed by atoms with Crippen LogP contribution in [-0.4, -0.2) is 43.1 Å². The van der Waals surface area contributed by atoms with E-state index >= 15 is 0 Å². The number of esters is 1. The normalized spacial score (nSPS) is 16.4. The van der Waals surface area contributed by atoms with Crippen LogP contribution in [0.4, 0.5) is 0 Å². The van der Waals surface area contributed by atoms with E-state index in [2.05, 4.69) is 10.6 Å². The monoisotopic (exact) mass is 388 g/mol. The summed E-state index contributed by atoms with van der Waals surface area (Å²) in [7, 11) is 1.58. The Kier molecular flexibility index (Phi) is 8.04. The number of carbonyl (C=O) groups is 3. The van der Waals surface area contributed by atoms with Gasteiger partial charge in [-0.25, -0.2) is 4.79 Å². The van der Waals surface area contributed by atoms with E-state index < -0.39 is 24.0 Å². The summed E-state index contributed by atoms with van der Waals surface area (Å²) in [5.41, 5.74) is 0.823. The van der Waals surface area contributed by atoms with Crippen LogP contribution in [0, 0.1) is 0 Å². The van der Waals surface area contributed by atoms with Crippen molar-refractivity contribution in [1.29, 1.82) is 0 Å². The predicted molar refractivity (Wildman–Crippen MR) is 106 cm³/mol. The molecule has 0 unspecified atom stereocenters. The number of carbonyl (C=O) groups excluding carboxylic acids is 3. The van der Waals surface area contributed by atoms with E-state index in [4.69, 9.17) is 9.47 Å². The van der Waals surface area contributed by atoms with Crippen LogP contribution >= 0.6 is 0 Å². The first-order chi connectivity index (χ1) is 13.4. The van der Waals surface area contributed by atoms with E-state index in [-0.39, 0.29) is 11.9 Å². The third kappa shape index (κ3) is 6.72. The maximum absolute atomic E-state index is 12.1. The molecule has 0 bridgehead atoms. The average molecular weight is 388 g/mol. The summed E-state index contributed by atoms with van der Waals surface area (Å²) in [4.78, 5) is 36.2. The zero-order chi connectivity index (χ0) is 20.5. The molecule has 2 atom stereocenters. The fourth-order valence-corrected chi connectivity index (χ4v) is 2.93. The number of rotatable bonds is 8. The first-order valence-electron chi connectivity index (χ1n) is 9.52. The summed E-state index contributed by atoms with van der Waals surface area (Å²) in [6.45, 7) is 3.04. The molecule has 0 aromatic heterocycles. The van der Waals surface area contributed by atoms with E-state index in [9.17, 15) is 14.4 Å². The molecular weight excluding hydrogens is 360 g/mol. The Morgan fingerprint density at radius 3 is 2.36 bits per heavy atom. The quantitative estimate of drug-likeness (QED) is 0.526. The van der Waals surface area contributed by atoms with Crippen molar-refractivity contribution in [2.45, 2.75) is 57.7 Å². The molecule has 1 fully saturated rings. The molecule has 1 aromatic carbocycles. The van der Waals surface area contributed by atoms with Crippen LogP contribution in [0.3, 0.4) is 0 Å². The van der Waals surface area contributed by atoms with Gasteiger partial charge < -0.3 is 20.1 Å². The third-order valence-electron chi connectivity index (χ3n) is 4.62. The van der Waals surface area contributed by atoms with Crippen LogP contribution < -0.4 is 15.4 Å². The van der Waals surface area contributed by atoms with Crippen LogP contribution in [0.2, 0.25) is 0 Å². The summed E-state index contributed by atoms with van der Waals surface area (Å²) in [5.74, 6) is -0.661. The number of hydrogen-bond acceptors (Lipinski definition) is 5. The van der Waals surface area contributed by atoms with Gasteiger partial charge >= 0.3 is 5.97 Å². The summed E-state index contributed by atoms with van der Waals surface area (Å²) >= 11 is 0. The molecule has 2 amide bonds. The molecule has 2 N–H and O–H groups in total. The van der Waals surface area contributed by atoms with Gasteiger partial charge in [-0.2, -0.15) is 0 Å². The fraction of sp³-hybridized carbons (Fsp3) is 0.476. The van der Waals surface area contributed by atoms with Crippen molar-refractivity contribution in [3.63, 3.8) is 0 Å². The molecule has 0 saturated heterocycles. The van der Waals surface area contributed by atoms with Gasteiger partial charge in [0.05, 0.1) is 7.11 Å². The average Bonchev–Trinajstić information content (AvgIpc) is 3.19. The lowest BCUT2D eigenvalue weighted by molar-refractivity contribution is -0.157. The van der Waals surface area contributed by atoms with E-state index in [0.717, 1.165) is 37.0 Å². The lowest BCUT2D eigenvalue weighted by atomic mass is 10.2. The van der Waals surface area contributed by atoms with Crippen LogP contribution in [0.1, 0.15) is 45.1 Å². The number of methoxy groups -OCH3 is 1. The van der Waals surface area contributed by atoms with Gasteiger partial charge in [0.1, 0.15) is 11.8 Å². The Morgan fingerprint density at radius 2 is 1.75 bits per heavy atom. The van der Waals surface area contributed by atoms with Gasteiger partial charge in [0, 0.05) is 12.1 Å². The minimum atomic E-state index is -0.901. The van der Waals surface area contributed by atoms with E-state index in [1.165, 1.54) is 19.9 Å². The maximum Gasteiger partial charge on any atom is 0.329 e. The van der Waals surface area contributed by atoms with Gasteiger partial charge in [0.2, 0.25) is 5.91 Å². The fourth-order valence-electron chi connectivity index (χ4n) is 2.93. The molecule has 0 radical (unpaired) electrons. The minimum Gasteiger partial charge on any atom is -0.497 e. The predicted octanol–water partition coefficient (Wildman–Crippen LogP) is 2.20. The number of ether oxygens (including phenoxy) is 2. The standard InChI is InChI=1S/C21H28N2O5/c1-14(21(26)28-15(2)20(25)23-17-6-4-5-7-17)22-19(24)13-10-16-8-11-18(27-3)12-9-16/h8-15,17H,4-7H2,1-3H3,(H,22,24)(H,23,25)/b13-10+/t14-,15+/m0/s1. The third-order valence-corrected chi connectivity index (χ3v) is 4.62. The van der Waals surface area contributed by atoms with Crippen molar-refractivity contribution in [1.82, 2.24) is 10.6 Å². The highest BCUT2D eigenvalue weighted by atomic mass is 16.5. The van der Waals surface area contributed by atoms with Crippen LogP contribution in [0.15, 0.2) is 30.3 Å². The Labute approximate surface area is 165 Å². The van der Waals surface area contributed by atoms with Crippen LogP contribution in [0.25, 0.3) is 6.08 Å². The van der Waals surface area contributed by atoms with E-state index in [0.29, 0.717) is 0 Å². The first kappa shape index (κ1) is 21.5. The summed E-state index contributed by atoms with van der Waals surface area (Å²) in [6, 6.07) is 6.49. The number of nitrogens with one attached hydrogen (secondary N) is 2. The molecule has 1 saturated carbocycles. The second-order valence-electron chi connectivity index (χ2n) is 6.91. The smallest absolute Gasteiger partial charge is 0.329 e. The molecular formula is C21H28N2O5. The second kappa shape index (κ2) is 10.5. The van der Waals surface area contributed by atoms with Gasteiger partial charge in [0.25, 0.3) is 5.91 Å². The zero-order valence-electron chi connectivity index (χ0n) is 16.6. The lowest BCUT2D eigenvalue weighted by Crippen LogP contribution is -2.44. The van der Waals surface area contributed by atoms with Crippen molar-refractivity contribution in [3.05, 3.63) is 35.9 Å². The molecule has 0 heterocycles. The first-order valence-corrected chi connectivity index (χ1v) is 9.52. The molecule has 2 rings (SSSR count). The Bertz CT molecular complexity index is 708. The lowest BCUT2D eigenvalue weighted by Gasteiger charge is -2.19. The second-order valence-corrected chi connectivity index (χ2v) is 6.91. The minimum absolute atomic E-state index is 0.161. The van der Waals surface area contributed by atoms with Gasteiger partial charge in [0.15, 0.2) is 6.10 Å². The van der Waals surface area contributed by atoms with Gasteiger partial charge in [-0.05, 0) is 50.5 Å². The Morgan fingerprint density at radius 1 is 1.11 bits per heavy atom. The molecule has 7 nitrogen and oxygen atoms in total. The summed E-state index contributed by atoms with van der Waals surface area (Å²) < 4.78 is 10.2. The van der Waals surface area contributed by atoms with Crippen molar-refractivity contribution >= 4 is 23.9 Å². The molecule has 28 heavy (non-hydrogen) atoms. The van der Waals surface area contributed by atoms with E-state index in [1.807, 2.05) is 12.1 Å².